The lowest BCUT2D eigenvalue weighted by molar-refractivity contribution is -0.127. The van der Waals surface area contributed by atoms with Crippen LogP contribution in [0.3, 0.4) is 0 Å². The normalized spacial score (nSPS) is 18.6. The van der Waals surface area contributed by atoms with Gasteiger partial charge in [0.1, 0.15) is 11.8 Å². The van der Waals surface area contributed by atoms with Crippen molar-refractivity contribution in [1.82, 2.24) is 10.2 Å². The Labute approximate surface area is 120 Å². The number of rotatable bonds is 4. The van der Waals surface area contributed by atoms with E-state index >= 15 is 0 Å². The maximum absolute atomic E-state index is 12.5. The summed E-state index contributed by atoms with van der Waals surface area (Å²) in [5.41, 5.74) is 0.223. The number of benzene rings is 1. The Bertz CT molecular complexity index is 537. The Morgan fingerprint density at radius 2 is 2.29 bits per heavy atom. The fourth-order valence-corrected chi connectivity index (χ4v) is 2.33. The summed E-state index contributed by atoms with van der Waals surface area (Å²) < 4.78 is 28.7. The van der Waals surface area contributed by atoms with Crippen LogP contribution in [-0.4, -0.2) is 42.5 Å². The first kappa shape index (κ1) is 15.2. The maximum Gasteiger partial charge on any atom is 0.387 e. The Hall–Kier alpha value is -2.18. The van der Waals surface area contributed by atoms with Crippen LogP contribution in [0.2, 0.25) is 0 Å². The van der Waals surface area contributed by atoms with Gasteiger partial charge in [-0.3, -0.25) is 9.59 Å². The minimum Gasteiger partial charge on any atom is -0.435 e. The predicted molar refractivity (Wildman–Crippen MR) is 71.2 cm³/mol. The smallest absolute Gasteiger partial charge is 0.387 e. The molecule has 5 nitrogen and oxygen atoms in total. The molecule has 0 saturated carbocycles. The first-order valence-corrected chi connectivity index (χ1v) is 6.66. The Balaban J connectivity index is 2.20. The van der Waals surface area contributed by atoms with E-state index in [1.54, 1.807) is 0 Å². The zero-order valence-corrected chi connectivity index (χ0v) is 11.5. The van der Waals surface area contributed by atoms with E-state index in [2.05, 4.69) is 10.1 Å². The summed E-state index contributed by atoms with van der Waals surface area (Å²) in [5.74, 6) is -0.640. The number of amides is 2. The molecule has 1 unspecified atom stereocenters. The first-order chi connectivity index (χ1) is 10.0. The van der Waals surface area contributed by atoms with Gasteiger partial charge in [-0.25, -0.2) is 0 Å². The van der Waals surface area contributed by atoms with Gasteiger partial charge in [-0.2, -0.15) is 8.78 Å². The van der Waals surface area contributed by atoms with Gasteiger partial charge in [0.15, 0.2) is 0 Å². The van der Waals surface area contributed by atoms with E-state index in [0.717, 1.165) is 0 Å². The van der Waals surface area contributed by atoms with Crippen molar-refractivity contribution in [2.75, 3.05) is 13.1 Å². The van der Waals surface area contributed by atoms with Crippen LogP contribution in [0.25, 0.3) is 0 Å². The Morgan fingerprint density at radius 1 is 1.52 bits per heavy atom. The number of ether oxygens (including phenoxy) is 1. The van der Waals surface area contributed by atoms with Crippen molar-refractivity contribution in [3.8, 4) is 5.75 Å². The molecule has 1 heterocycles. The third-order valence-electron chi connectivity index (χ3n) is 3.28. The second kappa shape index (κ2) is 6.51. The summed E-state index contributed by atoms with van der Waals surface area (Å²) in [7, 11) is 0. The number of nitrogens with one attached hydrogen (secondary N) is 1. The molecule has 0 spiro atoms. The monoisotopic (exact) mass is 298 g/mol. The van der Waals surface area contributed by atoms with Gasteiger partial charge in [0.25, 0.3) is 5.91 Å². The number of carbonyl (C=O) groups is 2. The van der Waals surface area contributed by atoms with Crippen LogP contribution in [-0.2, 0) is 4.79 Å². The first-order valence-electron chi connectivity index (χ1n) is 6.66. The third kappa shape index (κ3) is 3.48. The number of halogens is 2. The molecule has 0 bridgehead atoms. The molecule has 7 heteroatoms. The fourth-order valence-electron chi connectivity index (χ4n) is 2.33. The van der Waals surface area contributed by atoms with Crippen LogP contribution < -0.4 is 10.1 Å². The van der Waals surface area contributed by atoms with E-state index in [0.29, 0.717) is 19.5 Å². The molecule has 114 valence electrons. The largest absolute Gasteiger partial charge is 0.435 e. The van der Waals surface area contributed by atoms with Gasteiger partial charge in [0.05, 0.1) is 0 Å². The quantitative estimate of drug-likeness (QED) is 0.919. The van der Waals surface area contributed by atoms with Crippen molar-refractivity contribution < 1.29 is 23.1 Å². The molecule has 1 saturated heterocycles. The van der Waals surface area contributed by atoms with E-state index < -0.39 is 12.7 Å². The topological polar surface area (TPSA) is 58.6 Å². The lowest BCUT2D eigenvalue weighted by Gasteiger charge is -2.34. The standard InChI is InChI=1S/C14H16F2N2O3/c1-2-11-12(19)17-6-7-18(11)13(20)9-4-3-5-10(8-9)21-14(15)16/h3-5,8,11,14H,2,6-7H2,1H3,(H,17,19). The minimum absolute atomic E-state index is 0.0784. The summed E-state index contributed by atoms with van der Waals surface area (Å²) in [4.78, 5) is 25.7. The number of nitrogens with zero attached hydrogens (tertiary/aromatic N) is 1. The average molecular weight is 298 g/mol. The molecule has 2 amide bonds. The van der Waals surface area contributed by atoms with Crippen molar-refractivity contribution in [2.24, 2.45) is 0 Å². The van der Waals surface area contributed by atoms with Crippen LogP contribution in [0.15, 0.2) is 24.3 Å². The molecular formula is C14H16F2N2O3. The molecule has 1 N–H and O–H groups in total. The SMILES string of the molecule is CCC1C(=O)NCCN1C(=O)c1cccc(OC(F)F)c1. The second-order valence-electron chi connectivity index (χ2n) is 4.62. The van der Waals surface area contributed by atoms with Crippen LogP contribution in [0.5, 0.6) is 5.75 Å². The number of piperazine rings is 1. The zero-order valence-electron chi connectivity index (χ0n) is 11.5. The van der Waals surface area contributed by atoms with Crippen LogP contribution in [0, 0.1) is 0 Å². The molecule has 0 aromatic heterocycles. The van der Waals surface area contributed by atoms with Crippen molar-refractivity contribution in [3.63, 3.8) is 0 Å². The van der Waals surface area contributed by atoms with Crippen molar-refractivity contribution in [3.05, 3.63) is 29.8 Å². The van der Waals surface area contributed by atoms with Gasteiger partial charge in [-0.1, -0.05) is 13.0 Å². The molecular weight excluding hydrogens is 282 g/mol. The molecule has 2 rings (SSSR count). The highest BCUT2D eigenvalue weighted by atomic mass is 19.3. The third-order valence-corrected chi connectivity index (χ3v) is 3.28. The lowest BCUT2D eigenvalue weighted by atomic mass is 10.1. The van der Waals surface area contributed by atoms with Crippen LogP contribution >= 0.6 is 0 Å². The summed E-state index contributed by atoms with van der Waals surface area (Å²) in [6, 6.07) is 5.05. The predicted octanol–water partition coefficient (Wildman–Crippen LogP) is 1.64. The fraction of sp³-hybridized carbons (Fsp3) is 0.429. The molecule has 21 heavy (non-hydrogen) atoms. The van der Waals surface area contributed by atoms with Gasteiger partial charge in [0.2, 0.25) is 5.91 Å². The van der Waals surface area contributed by atoms with E-state index in [9.17, 15) is 18.4 Å². The van der Waals surface area contributed by atoms with E-state index in [4.69, 9.17) is 0 Å². The molecule has 1 aromatic carbocycles. The highest BCUT2D eigenvalue weighted by molar-refractivity contribution is 5.98. The highest BCUT2D eigenvalue weighted by Crippen LogP contribution is 2.19. The highest BCUT2D eigenvalue weighted by Gasteiger charge is 2.32. The molecule has 1 aliphatic heterocycles. The number of hydrogen-bond acceptors (Lipinski definition) is 3. The molecule has 1 fully saturated rings. The molecule has 0 aliphatic carbocycles. The Kier molecular flexibility index (Phi) is 4.72. The Morgan fingerprint density at radius 3 is 2.95 bits per heavy atom. The molecule has 0 radical (unpaired) electrons. The summed E-state index contributed by atoms with van der Waals surface area (Å²) in [6.45, 7) is -0.358. The van der Waals surface area contributed by atoms with E-state index in [1.165, 1.54) is 29.2 Å². The summed E-state index contributed by atoms with van der Waals surface area (Å²) >= 11 is 0. The number of alkyl halides is 2. The van der Waals surface area contributed by atoms with E-state index in [-0.39, 0.29) is 23.1 Å². The molecule has 1 atom stereocenters. The van der Waals surface area contributed by atoms with Crippen molar-refractivity contribution in [1.29, 1.82) is 0 Å². The minimum atomic E-state index is -2.94. The van der Waals surface area contributed by atoms with Gasteiger partial charge < -0.3 is 15.0 Å². The summed E-state index contributed by atoms with van der Waals surface area (Å²) in [6.07, 6.45) is 0.491. The number of hydrogen-bond donors (Lipinski definition) is 1. The van der Waals surface area contributed by atoms with Gasteiger partial charge in [0, 0.05) is 18.7 Å². The average Bonchev–Trinajstić information content (AvgIpc) is 2.45. The molecule has 1 aliphatic rings. The van der Waals surface area contributed by atoms with Gasteiger partial charge in [-0.05, 0) is 24.6 Å². The van der Waals surface area contributed by atoms with Gasteiger partial charge >= 0.3 is 6.61 Å². The lowest BCUT2D eigenvalue weighted by Crippen LogP contribution is -2.56. The van der Waals surface area contributed by atoms with E-state index in [1.807, 2.05) is 6.92 Å². The van der Waals surface area contributed by atoms with Gasteiger partial charge in [-0.15, -0.1) is 0 Å². The van der Waals surface area contributed by atoms with Crippen LogP contribution in [0.4, 0.5) is 8.78 Å². The zero-order chi connectivity index (χ0) is 15.4. The second-order valence-corrected chi connectivity index (χ2v) is 4.62. The summed E-state index contributed by atoms with van der Waals surface area (Å²) in [5, 5.41) is 2.70. The molecule has 1 aromatic rings. The number of carbonyl (C=O) groups excluding carboxylic acids is 2. The maximum atomic E-state index is 12.5. The van der Waals surface area contributed by atoms with Crippen molar-refractivity contribution in [2.45, 2.75) is 26.0 Å². The van der Waals surface area contributed by atoms with Crippen LogP contribution in [0.1, 0.15) is 23.7 Å². The van der Waals surface area contributed by atoms with Crippen molar-refractivity contribution >= 4 is 11.8 Å².